The standard InChI is InChI=1S/C18H28N4O3/c1-12-17(14(3)25-19-12)18(24)21(6)13(2)15-8-7-9-22(10-15)11-16(23)20(4)5/h8,13H,7,9-11H2,1-6H3/t13-/m0/s1. The summed E-state index contributed by atoms with van der Waals surface area (Å²) in [5, 5.41) is 3.87. The molecule has 2 rings (SSSR count). The van der Waals surface area contributed by atoms with Crippen LogP contribution in [0.1, 0.15) is 35.2 Å². The van der Waals surface area contributed by atoms with Gasteiger partial charge in [-0.15, -0.1) is 0 Å². The summed E-state index contributed by atoms with van der Waals surface area (Å²) in [5.41, 5.74) is 2.29. The van der Waals surface area contributed by atoms with Crippen LogP contribution in [-0.4, -0.2) is 78.5 Å². The third kappa shape index (κ3) is 4.28. The van der Waals surface area contributed by atoms with Gasteiger partial charge < -0.3 is 14.3 Å². The minimum atomic E-state index is -0.0915. The lowest BCUT2D eigenvalue weighted by Crippen LogP contribution is -2.44. The fraction of sp³-hybridized carbons (Fsp3) is 0.611. The van der Waals surface area contributed by atoms with Crippen molar-refractivity contribution in [3.05, 3.63) is 28.7 Å². The first kappa shape index (κ1) is 19.2. The lowest BCUT2D eigenvalue weighted by Gasteiger charge is -2.34. The molecule has 0 spiro atoms. The molecule has 7 nitrogen and oxygen atoms in total. The van der Waals surface area contributed by atoms with Crippen molar-refractivity contribution in [1.82, 2.24) is 19.9 Å². The Bertz CT molecular complexity index is 658. The molecule has 0 saturated heterocycles. The topological polar surface area (TPSA) is 69.9 Å². The van der Waals surface area contributed by atoms with E-state index in [1.54, 1.807) is 44.8 Å². The van der Waals surface area contributed by atoms with Crippen LogP contribution in [0, 0.1) is 13.8 Å². The summed E-state index contributed by atoms with van der Waals surface area (Å²) in [5.74, 6) is 0.539. The first-order valence-electron chi connectivity index (χ1n) is 8.53. The van der Waals surface area contributed by atoms with Crippen molar-refractivity contribution in [3.8, 4) is 0 Å². The molecular weight excluding hydrogens is 320 g/mol. The number of carbonyl (C=O) groups is 2. The Morgan fingerprint density at radius 3 is 2.56 bits per heavy atom. The van der Waals surface area contributed by atoms with Crippen LogP contribution >= 0.6 is 0 Å². The van der Waals surface area contributed by atoms with Gasteiger partial charge in [-0.3, -0.25) is 14.5 Å². The largest absolute Gasteiger partial charge is 0.361 e. The fourth-order valence-electron chi connectivity index (χ4n) is 2.99. The molecule has 0 unspecified atom stereocenters. The van der Waals surface area contributed by atoms with Gasteiger partial charge in [0.25, 0.3) is 5.91 Å². The second-order valence-electron chi connectivity index (χ2n) is 6.86. The number of likely N-dealkylation sites (N-methyl/N-ethyl adjacent to an activating group) is 2. The van der Waals surface area contributed by atoms with Crippen molar-refractivity contribution in [3.63, 3.8) is 0 Å². The summed E-state index contributed by atoms with van der Waals surface area (Å²) in [6.07, 6.45) is 3.06. The minimum Gasteiger partial charge on any atom is -0.361 e. The van der Waals surface area contributed by atoms with Gasteiger partial charge in [-0.1, -0.05) is 11.2 Å². The molecule has 25 heavy (non-hydrogen) atoms. The SMILES string of the molecule is Cc1noc(C)c1C(=O)N(C)[C@@H](C)C1=CCCN(CC(=O)N(C)C)C1. The quantitative estimate of drug-likeness (QED) is 0.754. The second-order valence-corrected chi connectivity index (χ2v) is 6.86. The van der Waals surface area contributed by atoms with Crippen LogP contribution in [0.2, 0.25) is 0 Å². The molecule has 1 atom stereocenters. The van der Waals surface area contributed by atoms with Crippen LogP contribution in [0.4, 0.5) is 0 Å². The van der Waals surface area contributed by atoms with Crippen molar-refractivity contribution in [2.24, 2.45) is 0 Å². The Balaban J connectivity index is 2.06. The summed E-state index contributed by atoms with van der Waals surface area (Å²) < 4.78 is 5.11. The molecule has 0 bridgehead atoms. The van der Waals surface area contributed by atoms with Gasteiger partial charge in [0.2, 0.25) is 5.91 Å². The van der Waals surface area contributed by atoms with E-state index < -0.39 is 0 Å². The number of aromatic nitrogens is 1. The Labute approximate surface area is 149 Å². The van der Waals surface area contributed by atoms with Gasteiger partial charge in [-0.25, -0.2) is 0 Å². The van der Waals surface area contributed by atoms with Gasteiger partial charge in [0.05, 0.1) is 18.3 Å². The van der Waals surface area contributed by atoms with E-state index in [0.29, 0.717) is 30.1 Å². The summed E-state index contributed by atoms with van der Waals surface area (Å²) >= 11 is 0. The minimum absolute atomic E-state index is 0.0570. The highest BCUT2D eigenvalue weighted by Crippen LogP contribution is 2.21. The van der Waals surface area contributed by atoms with Gasteiger partial charge in [0.15, 0.2) is 0 Å². The van der Waals surface area contributed by atoms with E-state index >= 15 is 0 Å². The maximum absolute atomic E-state index is 12.8. The maximum Gasteiger partial charge on any atom is 0.259 e. The Hall–Kier alpha value is -2.15. The third-order valence-corrected chi connectivity index (χ3v) is 4.80. The van der Waals surface area contributed by atoms with Crippen molar-refractivity contribution in [2.75, 3.05) is 40.8 Å². The zero-order chi connectivity index (χ0) is 18.7. The smallest absolute Gasteiger partial charge is 0.259 e. The molecule has 1 aliphatic rings. The molecule has 0 aliphatic carbocycles. The highest BCUT2D eigenvalue weighted by atomic mass is 16.5. The molecule has 2 heterocycles. The molecule has 2 amide bonds. The number of hydrogen-bond donors (Lipinski definition) is 0. The number of aryl methyl sites for hydroxylation is 2. The number of nitrogens with zero attached hydrogens (tertiary/aromatic N) is 4. The Morgan fingerprint density at radius 2 is 2.00 bits per heavy atom. The van der Waals surface area contributed by atoms with Gasteiger partial charge in [-0.05, 0) is 32.8 Å². The molecule has 1 aromatic heterocycles. The molecule has 7 heteroatoms. The number of hydrogen-bond acceptors (Lipinski definition) is 5. The molecule has 0 radical (unpaired) electrons. The summed E-state index contributed by atoms with van der Waals surface area (Å²) in [4.78, 5) is 30.2. The molecule has 0 N–H and O–H groups in total. The highest BCUT2D eigenvalue weighted by Gasteiger charge is 2.28. The van der Waals surface area contributed by atoms with Gasteiger partial charge in [0, 0.05) is 34.2 Å². The van der Waals surface area contributed by atoms with E-state index in [1.165, 1.54) is 0 Å². The molecular formula is C18H28N4O3. The first-order valence-corrected chi connectivity index (χ1v) is 8.53. The van der Waals surface area contributed by atoms with Crippen LogP contribution in [0.3, 0.4) is 0 Å². The number of rotatable bonds is 5. The molecule has 0 saturated carbocycles. The summed E-state index contributed by atoms with van der Waals surface area (Å²) in [7, 11) is 5.33. The first-order chi connectivity index (χ1) is 11.7. The van der Waals surface area contributed by atoms with Crippen LogP contribution in [0.15, 0.2) is 16.2 Å². The molecule has 138 valence electrons. The van der Waals surface area contributed by atoms with E-state index in [-0.39, 0.29) is 17.9 Å². The zero-order valence-electron chi connectivity index (χ0n) is 16.0. The molecule has 1 aliphatic heterocycles. The second kappa shape index (κ2) is 7.82. The van der Waals surface area contributed by atoms with Crippen molar-refractivity contribution >= 4 is 11.8 Å². The predicted molar refractivity (Wildman–Crippen MR) is 95.4 cm³/mol. The number of carbonyl (C=O) groups excluding carboxylic acids is 2. The van der Waals surface area contributed by atoms with Crippen LogP contribution < -0.4 is 0 Å². The van der Waals surface area contributed by atoms with Crippen molar-refractivity contribution in [2.45, 2.75) is 33.2 Å². The van der Waals surface area contributed by atoms with Crippen LogP contribution in [0.5, 0.6) is 0 Å². The average molecular weight is 348 g/mol. The summed E-state index contributed by atoms with van der Waals surface area (Å²) in [6.45, 7) is 7.49. The van der Waals surface area contributed by atoms with Crippen LogP contribution in [0.25, 0.3) is 0 Å². The zero-order valence-corrected chi connectivity index (χ0v) is 16.0. The fourth-order valence-corrected chi connectivity index (χ4v) is 2.99. The van der Waals surface area contributed by atoms with E-state index in [2.05, 4.69) is 16.1 Å². The Kier molecular flexibility index (Phi) is 6.00. The van der Waals surface area contributed by atoms with Gasteiger partial charge in [0.1, 0.15) is 11.3 Å². The van der Waals surface area contributed by atoms with Crippen molar-refractivity contribution in [1.29, 1.82) is 0 Å². The van der Waals surface area contributed by atoms with E-state index in [0.717, 1.165) is 18.5 Å². The maximum atomic E-state index is 12.8. The number of amides is 2. The average Bonchev–Trinajstić information content (AvgIpc) is 2.91. The lowest BCUT2D eigenvalue weighted by molar-refractivity contribution is -0.129. The van der Waals surface area contributed by atoms with E-state index in [1.807, 2.05) is 6.92 Å². The monoisotopic (exact) mass is 348 g/mol. The normalized spacial score (nSPS) is 16.3. The summed E-state index contributed by atoms with van der Waals surface area (Å²) in [6, 6.07) is -0.0570. The molecule has 0 aromatic carbocycles. The Morgan fingerprint density at radius 1 is 1.32 bits per heavy atom. The van der Waals surface area contributed by atoms with Gasteiger partial charge >= 0.3 is 0 Å². The van der Waals surface area contributed by atoms with E-state index in [9.17, 15) is 9.59 Å². The van der Waals surface area contributed by atoms with Crippen molar-refractivity contribution < 1.29 is 14.1 Å². The lowest BCUT2D eigenvalue weighted by atomic mass is 10.0. The highest BCUT2D eigenvalue weighted by molar-refractivity contribution is 5.96. The van der Waals surface area contributed by atoms with Gasteiger partial charge in [-0.2, -0.15) is 0 Å². The third-order valence-electron chi connectivity index (χ3n) is 4.80. The molecule has 0 fully saturated rings. The van der Waals surface area contributed by atoms with Crippen LogP contribution in [-0.2, 0) is 4.79 Å². The predicted octanol–water partition coefficient (Wildman–Crippen LogP) is 1.47. The van der Waals surface area contributed by atoms with E-state index in [4.69, 9.17) is 4.52 Å². The molecule has 1 aromatic rings.